The van der Waals surface area contributed by atoms with Crippen LogP contribution in [0.15, 0.2) is 83.2 Å². The molecule has 2 aromatic carbocycles. The molecule has 0 fully saturated rings. The van der Waals surface area contributed by atoms with Crippen LogP contribution in [0.1, 0.15) is 11.5 Å². The van der Waals surface area contributed by atoms with Crippen molar-refractivity contribution in [2.75, 3.05) is 0 Å². The molecule has 6 heteroatoms. The minimum atomic E-state index is -4.60. The summed E-state index contributed by atoms with van der Waals surface area (Å²) in [5.41, 5.74) is 0.730. The number of nitrogens with zero attached hydrogens (tertiary/aromatic N) is 2. The molecule has 2 rings (SSSR count). The van der Waals surface area contributed by atoms with Gasteiger partial charge in [0.15, 0.2) is 6.04 Å². The van der Waals surface area contributed by atoms with Gasteiger partial charge in [-0.2, -0.15) is 23.4 Å². The van der Waals surface area contributed by atoms with Crippen LogP contribution >= 0.6 is 0 Å². The van der Waals surface area contributed by atoms with Crippen molar-refractivity contribution in [2.24, 2.45) is 10.2 Å². The van der Waals surface area contributed by atoms with E-state index < -0.39 is 18.1 Å². The van der Waals surface area contributed by atoms with Gasteiger partial charge in [-0.1, -0.05) is 48.5 Å². The first-order valence-corrected chi connectivity index (χ1v) is 6.91. The van der Waals surface area contributed by atoms with Crippen LogP contribution in [0.25, 0.3) is 0 Å². The molecule has 0 aliphatic heterocycles. The van der Waals surface area contributed by atoms with Gasteiger partial charge in [0.25, 0.3) is 0 Å². The lowest BCUT2D eigenvalue weighted by Crippen LogP contribution is -2.32. The van der Waals surface area contributed by atoms with E-state index >= 15 is 0 Å². The number of hydrogen-bond donors (Lipinski definition) is 1. The van der Waals surface area contributed by atoms with Gasteiger partial charge in [0.1, 0.15) is 0 Å². The first-order chi connectivity index (χ1) is 11.0. The lowest BCUT2D eigenvalue weighted by molar-refractivity contribution is -0.150. The molecule has 2 aromatic rings. The van der Waals surface area contributed by atoms with Crippen LogP contribution in [0.5, 0.6) is 0 Å². The Morgan fingerprint density at radius 3 is 2.00 bits per heavy atom. The smallest absolute Gasteiger partial charge is 0.413 e. The van der Waals surface area contributed by atoms with Crippen LogP contribution in [0.2, 0.25) is 0 Å². The van der Waals surface area contributed by atoms with Crippen LogP contribution < -0.4 is 0 Å². The Morgan fingerprint density at radius 1 is 0.913 bits per heavy atom. The van der Waals surface area contributed by atoms with Crippen LogP contribution in [-0.2, 0) is 0 Å². The van der Waals surface area contributed by atoms with Gasteiger partial charge in [0, 0.05) is 5.92 Å². The van der Waals surface area contributed by atoms with E-state index in [-0.39, 0.29) is 0 Å². The highest BCUT2D eigenvalue weighted by molar-refractivity contribution is 5.35. The highest BCUT2D eigenvalue weighted by atomic mass is 19.4. The monoisotopic (exact) mass is 320 g/mol. The summed E-state index contributed by atoms with van der Waals surface area (Å²) < 4.78 is 40.2. The predicted molar refractivity (Wildman–Crippen MR) is 81.8 cm³/mol. The molecule has 1 N–H and O–H groups in total. The maximum atomic E-state index is 13.4. The van der Waals surface area contributed by atoms with Crippen molar-refractivity contribution < 1.29 is 18.3 Å². The third-order valence-electron chi connectivity index (χ3n) is 3.21. The van der Waals surface area contributed by atoms with E-state index in [1.807, 2.05) is 0 Å². The van der Waals surface area contributed by atoms with E-state index in [1.165, 1.54) is 0 Å². The van der Waals surface area contributed by atoms with Crippen LogP contribution in [0, 0.1) is 0 Å². The zero-order valence-corrected chi connectivity index (χ0v) is 12.1. The van der Waals surface area contributed by atoms with Gasteiger partial charge in [-0.25, -0.2) is 0 Å². The zero-order valence-electron chi connectivity index (χ0n) is 12.1. The van der Waals surface area contributed by atoms with Crippen LogP contribution in [-0.4, -0.2) is 17.3 Å². The van der Waals surface area contributed by atoms with E-state index in [0.717, 1.165) is 6.08 Å². The topological polar surface area (TPSA) is 45.0 Å². The molecular weight excluding hydrogens is 305 g/mol. The van der Waals surface area contributed by atoms with Crippen molar-refractivity contribution in [1.29, 1.82) is 0 Å². The van der Waals surface area contributed by atoms with Crippen molar-refractivity contribution >= 4 is 5.69 Å². The van der Waals surface area contributed by atoms with Crippen LogP contribution in [0.3, 0.4) is 0 Å². The Hall–Kier alpha value is -2.63. The van der Waals surface area contributed by atoms with Crippen molar-refractivity contribution in [3.63, 3.8) is 0 Å². The van der Waals surface area contributed by atoms with Gasteiger partial charge < -0.3 is 5.11 Å². The molecule has 0 bridgehead atoms. The number of aliphatic hydroxyl groups is 1. The summed E-state index contributed by atoms with van der Waals surface area (Å²) >= 11 is 0. The molecule has 0 saturated heterocycles. The lowest BCUT2D eigenvalue weighted by Gasteiger charge is -2.22. The molecule has 0 aliphatic rings. The van der Waals surface area contributed by atoms with E-state index in [0.29, 0.717) is 17.5 Å². The van der Waals surface area contributed by atoms with Crippen molar-refractivity contribution in [1.82, 2.24) is 0 Å². The largest absolute Gasteiger partial charge is 0.516 e. The summed E-state index contributed by atoms with van der Waals surface area (Å²) in [6, 6.07) is 14.2. The first-order valence-electron chi connectivity index (χ1n) is 6.91. The average molecular weight is 320 g/mol. The fraction of sp³-hybridized carbons (Fsp3) is 0.176. The third kappa shape index (κ3) is 4.67. The number of halogens is 3. The quantitative estimate of drug-likeness (QED) is 0.569. The van der Waals surface area contributed by atoms with Crippen molar-refractivity contribution in [2.45, 2.75) is 18.1 Å². The molecule has 0 aliphatic carbocycles. The molecule has 0 saturated carbocycles. The molecule has 3 nitrogen and oxygen atoms in total. The lowest BCUT2D eigenvalue weighted by atomic mass is 9.91. The number of rotatable bonds is 5. The Labute approximate surface area is 131 Å². The summed E-state index contributed by atoms with van der Waals surface area (Å²) in [5.74, 6) is -1.16. The fourth-order valence-electron chi connectivity index (χ4n) is 2.13. The minimum absolute atomic E-state index is 0.335. The van der Waals surface area contributed by atoms with Crippen LogP contribution in [0.4, 0.5) is 18.9 Å². The highest BCUT2D eigenvalue weighted by Gasteiger charge is 2.45. The second kappa shape index (κ2) is 7.58. The number of azo groups is 1. The number of hydrogen-bond acceptors (Lipinski definition) is 3. The van der Waals surface area contributed by atoms with E-state index in [4.69, 9.17) is 5.11 Å². The zero-order chi connectivity index (χ0) is 16.7. The summed E-state index contributed by atoms with van der Waals surface area (Å²) in [6.45, 7) is 0. The Morgan fingerprint density at radius 2 is 1.48 bits per heavy atom. The third-order valence-corrected chi connectivity index (χ3v) is 3.21. The number of aliphatic hydroxyl groups excluding tert-OH is 1. The molecular formula is C17H15F3N2O. The fourth-order valence-corrected chi connectivity index (χ4v) is 2.13. The Bertz CT molecular complexity index is 655. The molecule has 23 heavy (non-hydrogen) atoms. The van der Waals surface area contributed by atoms with Gasteiger partial charge >= 0.3 is 6.18 Å². The summed E-state index contributed by atoms with van der Waals surface area (Å²) in [6.07, 6.45) is -2.93. The number of benzene rings is 2. The minimum Gasteiger partial charge on any atom is -0.516 e. The van der Waals surface area contributed by atoms with Crippen molar-refractivity contribution in [3.8, 4) is 0 Å². The second-order valence-corrected chi connectivity index (χ2v) is 4.82. The molecule has 0 spiro atoms. The molecule has 0 amide bonds. The summed E-state index contributed by atoms with van der Waals surface area (Å²) in [7, 11) is 0. The predicted octanol–water partition coefficient (Wildman–Crippen LogP) is 5.56. The molecule has 0 radical (unpaired) electrons. The van der Waals surface area contributed by atoms with Gasteiger partial charge in [-0.05, 0) is 23.8 Å². The second-order valence-electron chi connectivity index (χ2n) is 4.82. The van der Waals surface area contributed by atoms with Gasteiger partial charge in [0.2, 0.25) is 0 Å². The Balaban J connectivity index is 2.38. The summed E-state index contributed by atoms with van der Waals surface area (Å²) in [5, 5.41) is 16.2. The average Bonchev–Trinajstić information content (AvgIpc) is 2.55. The van der Waals surface area contributed by atoms with Gasteiger partial charge in [-0.3, -0.25) is 0 Å². The van der Waals surface area contributed by atoms with E-state index in [9.17, 15) is 13.2 Å². The molecule has 2 atom stereocenters. The highest BCUT2D eigenvalue weighted by Crippen LogP contribution is 2.36. The normalized spacial score (nSPS) is 15.1. The molecule has 0 heterocycles. The molecule has 0 aromatic heterocycles. The van der Waals surface area contributed by atoms with E-state index in [2.05, 4.69) is 10.2 Å². The maximum Gasteiger partial charge on any atom is 0.413 e. The van der Waals surface area contributed by atoms with Gasteiger partial charge in [-0.15, -0.1) is 0 Å². The number of alkyl halides is 3. The molecule has 120 valence electrons. The molecule has 2 unspecified atom stereocenters. The summed E-state index contributed by atoms with van der Waals surface area (Å²) in [4.78, 5) is 0. The van der Waals surface area contributed by atoms with Gasteiger partial charge in [0.05, 0.1) is 11.9 Å². The van der Waals surface area contributed by atoms with Crippen molar-refractivity contribution in [3.05, 3.63) is 78.6 Å². The Kier molecular flexibility index (Phi) is 5.51. The SMILES string of the molecule is O/C=C/C(c1ccccc1)C(N=Nc1ccccc1)C(F)(F)F. The first kappa shape index (κ1) is 16.7. The standard InChI is InChI=1S/C17H15F3N2O/c18-17(19,20)16(22-21-14-9-5-2-6-10-14)15(11-12-23)13-7-3-1-4-8-13/h1-12,15-16,23H/b12-11+,22-21?. The maximum absolute atomic E-state index is 13.4. The van der Waals surface area contributed by atoms with E-state index in [1.54, 1.807) is 60.7 Å².